The minimum absolute atomic E-state index is 0.320. The number of pyridine rings is 1. The number of rotatable bonds is 1. The molecular weight excluding hydrogens is 198 g/mol. The molecule has 1 atom stereocenters. The second-order valence-corrected chi connectivity index (χ2v) is 5.07. The molecule has 0 amide bonds. The van der Waals surface area contributed by atoms with Gasteiger partial charge in [-0.15, -0.1) is 0 Å². The maximum absolute atomic E-state index is 5.98. The predicted octanol–water partition coefficient (Wildman–Crippen LogP) is 0.974. The molecule has 0 radical (unpaired) electrons. The van der Waals surface area contributed by atoms with Gasteiger partial charge in [-0.2, -0.15) is 0 Å². The highest BCUT2D eigenvalue weighted by molar-refractivity contribution is 5.34. The van der Waals surface area contributed by atoms with E-state index < -0.39 is 0 Å². The van der Waals surface area contributed by atoms with Gasteiger partial charge in [0.25, 0.3) is 0 Å². The van der Waals surface area contributed by atoms with E-state index in [0.717, 1.165) is 25.9 Å². The zero-order chi connectivity index (χ0) is 11.0. The summed E-state index contributed by atoms with van der Waals surface area (Å²) in [5, 5.41) is 3.40. The van der Waals surface area contributed by atoms with Gasteiger partial charge in [0, 0.05) is 23.9 Å². The lowest BCUT2D eigenvalue weighted by Gasteiger charge is -2.22. The molecule has 1 saturated heterocycles. The van der Waals surface area contributed by atoms with Crippen molar-refractivity contribution in [3.63, 3.8) is 0 Å². The first-order valence-corrected chi connectivity index (χ1v) is 6.27. The monoisotopic (exact) mass is 217 g/mol. The van der Waals surface area contributed by atoms with Crippen LogP contribution in [-0.4, -0.2) is 24.1 Å². The van der Waals surface area contributed by atoms with E-state index >= 15 is 0 Å². The van der Waals surface area contributed by atoms with Crippen molar-refractivity contribution in [2.24, 2.45) is 5.73 Å². The number of hydrogen-bond donors (Lipinski definition) is 2. The molecule has 2 aliphatic rings. The van der Waals surface area contributed by atoms with Crippen molar-refractivity contribution in [1.29, 1.82) is 0 Å². The minimum Gasteiger partial charge on any atom is -0.327 e. The number of nitrogens with zero attached hydrogens (tertiary/aromatic N) is 1. The number of nitrogens with one attached hydrogen (secondary N) is 1. The molecule has 1 fully saturated rings. The van der Waals surface area contributed by atoms with Crippen LogP contribution in [0.5, 0.6) is 0 Å². The zero-order valence-corrected chi connectivity index (χ0v) is 9.58. The summed E-state index contributed by atoms with van der Waals surface area (Å²) in [4.78, 5) is 4.63. The van der Waals surface area contributed by atoms with E-state index in [1.165, 1.54) is 29.7 Å². The number of aromatic nitrogens is 1. The molecule has 3 rings (SSSR count). The zero-order valence-electron chi connectivity index (χ0n) is 9.58. The summed E-state index contributed by atoms with van der Waals surface area (Å²) in [6.45, 7) is 2.26. The molecular formula is C13H19N3. The predicted molar refractivity (Wildman–Crippen MR) is 64.5 cm³/mol. The summed E-state index contributed by atoms with van der Waals surface area (Å²) in [6.07, 6.45) is 6.54. The normalized spacial score (nSPS) is 25.7. The average molecular weight is 217 g/mol. The van der Waals surface area contributed by atoms with Crippen molar-refractivity contribution in [2.75, 3.05) is 13.1 Å². The summed E-state index contributed by atoms with van der Waals surface area (Å²) >= 11 is 0. The molecule has 1 aliphatic heterocycles. The molecule has 3 heteroatoms. The Morgan fingerprint density at radius 3 is 2.75 bits per heavy atom. The average Bonchev–Trinajstić information content (AvgIpc) is 2.69. The Morgan fingerprint density at radius 2 is 1.94 bits per heavy atom. The van der Waals surface area contributed by atoms with E-state index in [-0.39, 0.29) is 0 Å². The van der Waals surface area contributed by atoms with Crippen molar-refractivity contribution in [1.82, 2.24) is 10.3 Å². The SMILES string of the molecule is NC1Cc2cnc(C3CCNCC3)cc2C1. The van der Waals surface area contributed by atoms with Gasteiger partial charge in [-0.1, -0.05) is 0 Å². The molecule has 0 bridgehead atoms. The molecule has 1 unspecified atom stereocenters. The van der Waals surface area contributed by atoms with Crippen molar-refractivity contribution < 1.29 is 0 Å². The van der Waals surface area contributed by atoms with Crippen molar-refractivity contribution in [3.05, 3.63) is 29.1 Å². The topological polar surface area (TPSA) is 50.9 Å². The number of fused-ring (bicyclic) bond motifs is 1. The summed E-state index contributed by atoms with van der Waals surface area (Å²) in [5.74, 6) is 0.656. The van der Waals surface area contributed by atoms with Crippen LogP contribution in [0.4, 0.5) is 0 Å². The van der Waals surface area contributed by atoms with E-state index in [4.69, 9.17) is 5.73 Å². The number of piperidine rings is 1. The van der Waals surface area contributed by atoms with Crippen LogP contribution in [-0.2, 0) is 12.8 Å². The fourth-order valence-corrected chi connectivity index (χ4v) is 2.90. The third-order valence-corrected chi connectivity index (χ3v) is 3.83. The Hall–Kier alpha value is -0.930. The summed E-state index contributed by atoms with van der Waals surface area (Å²) in [7, 11) is 0. The molecule has 2 heterocycles. The van der Waals surface area contributed by atoms with E-state index in [1.54, 1.807) is 0 Å². The van der Waals surface area contributed by atoms with Crippen LogP contribution in [0.2, 0.25) is 0 Å². The van der Waals surface area contributed by atoms with Crippen LogP contribution in [0.3, 0.4) is 0 Å². The Balaban J connectivity index is 1.84. The van der Waals surface area contributed by atoms with Gasteiger partial charge in [-0.05, 0) is 56.0 Å². The largest absolute Gasteiger partial charge is 0.327 e. The van der Waals surface area contributed by atoms with Crippen molar-refractivity contribution in [3.8, 4) is 0 Å². The first-order valence-electron chi connectivity index (χ1n) is 6.27. The quantitative estimate of drug-likeness (QED) is 0.737. The lowest BCUT2D eigenvalue weighted by Crippen LogP contribution is -2.27. The lowest BCUT2D eigenvalue weighted by atomic mass is 9.93. The highest BCUT2D eigenvalue weighted by Gasteiger charge is 2.22. The molecule has 16 heavy (non-hydrogen) atoms. The third kappa shape index (κ3) is 1.85. The smallest absolute Gasteiger partial charge is 0.0438 e. The number of hydrogen-bond acceptors (Lipinski definition) is 3. The summed E-state index contributed by atoms with van der Waals surface area (Å²) in [5.41, 5.74) is 10.1. The van der Waals surface area contributed by atoms with Gasteiger partial charge in [0.05, 0.1) is 0 Å². The van der Waals surface area contributed by atoms with Crippen LogP contribution in [0, 0.1) is 0 Å². The molecule has 86 valence electrons. The van der Waals surface area contributed by atoms with Crippen LogP contribution >= 0.6 is 0 Å². The van der Waals surface area contributed by atoms with Crippen molar-refractivity contribution in [2.45, 2.75) is 37.6 Å². The summed E-state index contributed by atoms with van der Waals surface area (Å²) < 4.78 is 0. The molecule has 1 aromatic heterocycles. The van der Waals surface area contributed by atoms with Crippen LogP contribution in [0.15, 0.2) is 12.3 Å². The Labute approximate surface area is 96.4 Å². The third-order valence-electron chi connectivity index (χ3n) is 3.83. The molecule has 3 N–H and O–H groups in total. The van der Waals surface area contributed by atoms with E-state index in [1.807, 2.05) is 0 Å². The first-order chi connectivity index (χ1) is 7.83. The maximum atomic E-state index is 5.98. The Morgan fingerprint density at radius 1 is 1.19 bits per heavy atom. The molecule has 3 nitrogen and oxygen atoms in total. The maximum Gasteiger partial charge on any atom is 0.0438 e. The van der Waals surface area contributed by atoms with Crippen LogP contribution < -0.4 is 11.1 Å². The molecule has 1 aromatic rings. The van der Waals surface area contributed by atoms with E-state index in [2.05, 4.69) is 22.6 Å². The Kier molecular flexibility index (Phi) is 2.65. The second-order valence-electron chi connectivity index (χ2n) is 5.07. The molecule has 0 aromatic carbocycles. The standard InChI is InChI=1S/C13H19N3/c14-12-5-10-7-13(16-8-11(10)6-12)9-1-3-15-4-2-9/h7-9,12,15H,1-6,14H2. The van der Waals surface area contributed by atoms with E-state index in [9.17, 15) is 0 Å². The van der Waals surface area contributed by atoms with Crippen LogP contribution in [0.1, 0.15) is 35.6 Å². The van der Waals surface area contributed by atoms with Gasteiger partial charge in [0.2, 0.25) is 0 Å². The second kappa shape index (κ2) is 4.15. The van der Waals surface area contributed by atoms with Crippen molar-refractivity contribution >= 4 is 0 Å². The molecule has 0 saturated carbocycles. The van der Waals surface area contributed by atoms with Gasteiger partial charge < -0.3 is 11.1 Å². The number of nitrogens with two attached hydrogens (primary N) is 1. The van der Waals surface area contributed by atoms with Crippen LogP contribution in [0.25, 0.3) is 0 Å². The van der Waals surface area contributed by atoms with E-state index in [0.29, 0.717) is 12.0 Å². The van der Waals surface area contributed by atoms with Gasteiger partial charge in [-0.3, -0.25) is 4.98 Å². The summed E-state index contributed by atoms with van der Waals surface area (Å²) in [6, 6.07) is 2.62. The molecule has 0 spiro atoms. The van der Waals surface area contributed by atoms with Gasteiger partial charge in [-0.25, -0.2) is 0 Å². The molecule has 1 aliphatic carbocycles. The fourth-order valence-electron chi connectivity index (χ4n) is 2.90. The van der Waals surface area contributed by atoms with Gasteiger partial charge >= 0.3 is 0 Å². The lowest BCUT2D eigenvalue weighted by molar-refractivity contribution is 0.453. The van der Waals surface area contributed by atoms with Gasteiger partial charge in [0.15, 0.2) is 0 Å². The first kappa shape index (κ1) is 10.2. The highest BCUT2D eigenvalue weighted by atomic mass is 14.9. The van der Waals surface area contributed by atoms with Gasteiger partial charge in [0.1, 0.15) is 0 Å². The highest BCUT2D eigenvalue weighted by Crippen LogP contribution is 2.28. The Bertz CT molecular complexity index is 383. The minimum atomic E-state index is 0.320. The fraction of sp³-hybridized carbons (Fsp3) is 0.615.